The van der Waals surface area contributed by atoms with Gasteiger partial charge in [-0.3, -0.25) is 9.52 Å². The summed E-state index contributed by atoms with van der Waals surface area (Å²) in [6, 6.07) is 9.66. The predicted molar refractivity (Wildman–Crippen MR) is 102 cm³/mol. The molecule has 0 spiro atoms. The topological polar surface area (TPSA) is 84.5 Å². The van der Waals surface area contributed by atoms with E-state index in [-0.39, 0.29) is 28.6 Å². The number of amides is 1. The van der Waals surface area contributed by atoms with Crippen LogP contribution in [0.1, 0.15) is 21.5 Å². The van der Waals surface area contributed by atoms with E-state index in [1.54, 1.807) is 56.3 Å². The number of para-hydroxylation sites is 1. The lowest BCUT2D eigenvalue weighted by atomic mass is 10.1. The van der Waals surface area contributed by atoms with Crippen LogP contribution in [0.25, 0.3) is 0 Å². The molecule has 0 fully saturated rings. The fourth-order valence-corrected chi connectivity index (χ4v) is 3.89. The number of carbonyl (C=O) groups is 1. The quantitative estimate of drug-likeness (QED) is 0.730. The minimum absolute atomic E-state index is 0.136. The van der Waals surface area contributed by atoms with Gasteiger partial charge in [-0.2, -0.15) is 0 Å². The van der Waals surface area contributed by atoms with Crippen molar-refractivity contribution in [2.75, 3.05) is 18.4 Å². The lowest BCUT2D eigenvalue weighted by Crippen LogP contribution is -2.25. The second-order valence-corrected chi connectivity index (χ2v) is 7.39. The maximum absolute atomic E-state index is 12.9. The third-order valence-electron chi connectivity index (χ3n) is 3.80. The minimum atomic E-state index is -3.87. The van der Waals surface area contributed by atoms with Crippen molar-refractivity contribution in [3.8, 4) is 5.75 Å². The van der Waals surface area contributed by atoms with Crippen molar-refractivity contribution in [2.24, 2.45) is 0 Å². The Hall–Kier alpha value is -2.80. The first-order valence-electron chi connectivity index (χ1n) is 7.96. The number of nitrogens with one attached hydrogen (secondary N) is 2. The number of methoxy groups -OCH3 is 1. The number of rotatable bonds is 7. The summed E-state index contributed by atoms with van der Waals surface area (Å²) < 4.78 is 33.5. The average Bonchev–Trinajstić information content (AvgIpc) is 2.61. The van der Waals surface area contributed by atoms with Gasteiger partial charge in [-0.1, -0.05) is 18.2 Å². The zero-order valence-electron chi connectivity index (χ0n) is 15.0. The number of aryl methyl sites for hydroxylation is 2. The molecule has 1 amide bonds. The van der Waals surface area contributed by atoms with Crippen molar-refractivity contribution < 1.29 is 17.9 Å². The maximum atomic E-state index is 12.9. The molecule has 0 heterocycles. The molecule has 0 aromatic heterocycles. The van der Waals surface area contributed by atoms with Crippen LogP contribution in [0.2, 0.25) is 0 Å². The highest BCUT2D eigenvalue weighted by Crippen LogP contribution is 2.27. The van der Waals surface area contributed by atoms with Gasteiger partial charge in [0.25, 0.3) is 15.9 Å². The van der Waals surface area contributed by atoms with Crippen LogP contribution >= 0.6 is 0 Å². The molecule has 7 heteroatoms. The van der Waals surface area contributed by atoms with Gasteiger partial charge in [0.15, 0.2) is 0 Å². The van der Waals surface area contributed by atoms with E-state index in [2.05, 4.69) is 16.6 Å². The monoisotopic (exact) mass is 374 g/mol. The second-order valence-electron chi connectivity index (χ2n) is 5.74. The largest absolute Gasteiger partial charge is 0.496 e. The first-order chi connectivity index (χ1) is 12.3. The van der Waals surface area contributed by atoms with Crippen LogP contribution in [0.15, 0.2) is 53.9 Å². The van der Waals surface area contributed by atoms with Crippen LogP contribution in [0.4, 0.5) is 5.69 Å². The molecule has 0 radical (unpaired) electrons. The summed E-state index contributed by atoms with van der Waals surface area (Å²) >= 11 is 0. The van der Waals surface area contributed by atoms with Crippen LogP contribution in [0.3, 0.4) is 0 Å². The van der Waals surface area contributed by atoms with E-state index in [1.165, 1.54) is 7.11 Å². The Kier molecular flexibility index (Phi) is 6.05. The molecular formula is C19H22N2O4S. The van der Waals surface area contributed by atoms with Gasteiger partial charge in [-0.25, -0.2) is 8.42 Å². The third-order valence-corrected chi connectivity index (χ3v) is 5.31. The number of benzene rings is 2. The highest BCUT2D eigenvalue weighted by molar-refractivity contribution is 7.92. The number of hydrogen-bond donors (Lipinski definition) is 2. The molecular weight excluding hydrogens is 352 g/mol. The van der Waals surface area contributed by atoms with Gasteiger partial charge in [0, 0.05) is 6.54 Å². The Balaban J connectivity index is 2.41. The van der Waals surface area contributed by atoms with Gasteiger partial charge in [0.2, 0.25) is 0 Å². The molecule has 138 valence electrons. The Morgan fingerprint density at radius 1 is 1.19 bits per heavy atom. The Bertz CT molecular complexity index is 937. The highest BCUT2D eigenvalue weighted by Gasteiger charge is 2.21. The molecule has 2 aromatic carbocycles. The number of sulfonamides is 1. The summed E-state index contributed by atoms with van der Waals surface area (Å²) in [7, 11) is -2.34. The van der Waals surface area contributed by atoms with E-state index in [4.69, 9.17) is 4.74 Å². The number of carbonyl (C=O) groups excluding carboxylic acids is 1. The molecule has 0 saturated carbocycles. The number of anilines is 1. The van der Waals surface area contributed by atoms with Crippen molar-refractivity contribution in [3.63, 3.8) is 0 Å². The molecule has 2 aromatic rings. The first-order valence-corrected chi connectivity index (χ1v) is 9.44. The summed E-state index contributed by atoms with van der Waals surface area (Å²) in [6.07, 6.45) is 1.55. The summed E-state index contributed by atoms with van der Waals surface area (Å²) in [5.41, 5.74) is 1.70. The van der Waals surface area contributed by atoms with E-state index in [0.29, 0.717) is 16.9 Å². The van der Waals surface area contributed by atoms with Gasteiger partial charge in [0.1, 0.15) is 5.75 Å². The second kappa shape index (κ2) is 8.05. The van der Waals surface area contributed by atoms with Crippen molar-refractivity contribution >= 4 is 21.6 Å². The molecule has 0 atom stereocenters. The molecule has 0 saturated heterocycles. The molecule has 6 nitrogen and oxygen atoms in total. The zero-order valence-corrected chi connectivity index (χ0v) is 15.8. The molecule has 0 unspecified atom stereocenters. The van der Waals surface area contributed by atoms with E-state index in [9.17, 15) is 13.2 Å². The molecule has 0 aliphatic rings. The van der Waals surface area contributed by atoms with Gasteiger partial charge >= 0.3 is 0 Å². The Morgan fingerprint density at radius 3 is 2.54 bits per heavy atom. The fourth-order valence-electron chi connectivity index (χ4n) is 2.50. The molecule has 2 N–H and O–H groups in total. The van der Waals surface area contributed by atoms with Crippen LogP contribution < -0.4 is 14.8 Å². The van der Waals surface area contributed by atoms with Gasteiger partial charge in [0.05, 0.1) is 23.3 Å². The van der Waals surface area contributed by atoms with Crippen molar-refractivity contribution in [2.45, 2.75) is 18.7 Å². The molecule has 0 bridgehead atoms. The number of ether oxygens (including phenoxy) is 1. The average molecular weight is 374 g/mol. The van der Waals surface area contributed by atoms with Crippen molar-refractivity contribution in [1.29, 1.82) is 0 Å². The molecule has 26 heavy (non-hydrogen) atoms. The Morgan fingerprint density at radius 2 is 1.88 bits per heavy atom. The lowest BCUT2D eigenvalue weighted by molar-refractivity contribution is 0.0959. The number of hydrogen-bond acceptors (Lipinski definition) is 4. The minimum Gasteiger partial charge on any atom is -0.496 e. The summed E-state index contributed by atoms with van der Waals surface area (Å²) in [4.78, 5) is 12.4. The zero-order chi connectivity index (χ0) is 19.3. The maximum Gasteiger partial charge on any atom is 0.262 e. The smallest absolute Gasteiger partial charge is 0.262 e. The molecule has 0 aliphatic heterocycles. The third kappa shape index (κ3) is 4.23. The fraction of sp³-hybridized carbons (Fsp3) is 0.211. The van der Waals surface area contributed by atoms with Gasteiger partial charge in [-0.05, 0) is 49.2 Å². The summed E-state index contributed by atoms with van der Waals surface area (Å²) in [5, 5.41) is 2.64. The van der Waals surface area contributed by atoms with Gasteiger partial charge in [-0.15, -0.1) is 6.58 Å². The van der Waals surface area contributed by atoms with Crippen LogP contribution in [-0.4, -0.2) is 28.0 Å². The normalized spacial score (nSPS) is 10.9. The van der Waals surface area contributed by atoms with Crippen LogP contribution in [0.5, 0.6) is 5.75 Å². The van der Waals surface area contributed by atoms with Crippen LogP contribution in [0, 0.1) is 13.8 Å². The molecule has 2 rings (SSSR count). The highest BCUT2D eigenvalue weighted by atomic mass is 32.2. The van der Waals surface area contributed by atoms with Gasteiger partial charge < -0.3 is 10.1 Å². The van der Waals surface area contributed by atoms with E-state index >= 15 is 0 Å². The standard InChI is InChI=1S/C19H22N2O4S/c1-5-10-20-19(22)15-8-6-7-9-16(15)21-26(23,24)18-12-13(2)17(25-4)11-14(18)3/h5-9,11-12,21H,1,10H2,2-4H3,(H,20,22). The van der Waals surface area contributed by atoms with Crippen LogP contribution in [-0.2, 0) is 10.0 Å². The SMILES string of the molecule is C=CCNC(=O)c1ccccc1NS(=O)(=O)c1cc(C)c(OC)cc1C. The van der Waals surface area contributed by atoms with Crippen molar-refractivity contribution in [3.05, 3.63) is 65.7 Å². The molecule has 0 aliphatic carbocycles. The Labute approximate surface area is 153 Å². The lowest BCUT2D eigenvalue weighted by Gasteiger charge is -2.15. The first kappa shape index (κ1) is 19.5. The van der Waals surface area contributed by atoms with E-state index in [1.807, 2.05) is 0 Å². The predicted octanol–water partition coefficient (Wildman–Crippen LogP) is 3.03. The summed E-state index contributed by atoms with van der Waals surface area (Å²) in [6.45, 7) is 7.30. The van der Waals surface area contributed by atoms with E-state index in [0.717, 1.165) is 0 Å². The van der Waals surface area contributed by atoms with E-state index < -0.39 is 10.0 Å². The van der Waals surface area contributed by atoms with Crippen molar-refractivity contribution in [1.82, 2.24) is 5.32 Å². The summed E-state index contributed by atoms with van der Waals surface area (Å²) in [5.74, 6) is 0.233.